The zero-order chi connectivity index (χ0) is 27.8. The normalized spacial score (nSPS) is 14.0. The Hall–Kier alpha value is -3.54. The molecule has 200 valence electrons. The highest BCUT2D eigenvalue weighted by Gasteiger charge is 2.50. The zero-order valence-corrected chi connectivity index (χ0v) is 22.1. The molecule has 10 nitrogen and oxygen atoms in total. The lowest BCUT2D eigenvalue weighted by Gasteiger charge is -2.33. The fourth-order valence-electron chi connectivity index (χ4n) is 4.37. The minimum atomic E-state index is -4.07. The fraction of sp³-hybridized carbons (Fsp3) is 0.346. The predicted molar refractivity (Wildman–Crippen MR) is 139 cm³/mol. The number of methoxy groups -OCH3 is 1. The molecule has 0 aliphatic heterocycles. The molecule has 37 heavy (non-hydrogen) atoms. The number of carbonyl (C=O) groups is 3. The first kappa shape index (κ1) is 29.7. The molecule has 0 unspecified atom stereocenters. The maximum atomic E-state index is 13.1. The van der Waals surface area contributed by atoms with Crippen molar-refractivity contribution in [2.75, 3.05) is 13.4 Å². The predicted octanol–water partition coefficient (Wildman–Crippen LogP) is 2.50. The smallest absolute Gasteiger partial charge is 0.337 e. The number of hydrogen-bond acceptors (Lipinski definition) is 8. The summed E-state index contributed by atoms with van der Waals surface area (Å²) in [6.07, 6.45) is 4.70. The number of hydrogen-bond donors (Lipinski definition) is 4. The van der Waals surface area contributed by atoms with E-state index >= 15 is 0 Å². The number of allylic oxidation sites excluding steroid dienone is 1. The highest BCUT2D eigenvalue weighted by Crippen LogP contribution is 2.41. The second-order valence-corrected chi connectivity index (χ2v) is 10.9. The largest absolute Gasteiger partial charge is 0.465 e. The molecule has 0 aromatic heterocycles. The van der Waals surface area contributed by atoms with Crippen LogP contribution in [0.25, 0.3) is 6.08 Å². The first-order valence-electron chi connectivity index (χ1n) is 11.6. The van der Waals surface area contributed by atoms with Gasteiger partial charge in [-0.15, -0.1) is 0 Å². The lowest BCUT2D eigenvalue weighted by atomic mass is 9.81. The molecular weight excluding hydrogens is 498 g/mol. The highest BCUT2D eigenvalue weighted by molar-refractivity contribution is 7.92. The quantitative estimate of drug-likeness (QED) is 0.113. The summed E-state index contributed by atoms with van der Waals surface area (Å²) in [5.41, 5.74) is 5.88. The lowest BCUT2D eigenvalue weighted by Crippen LogP contribution is -2.52. The molecule has 0 spiro atoms. The van der Waals surface area contributed by atoms with Crippen molar-refractivity contribution in [1.29, 1.82) is 0 Å². The molecule has 2 atom stereocenters. The van der Waals surface area contributed by atoms with Gasteiger partial charge >= 0.3 is 5.97 Å². The van der Waals surface area contributed by atoms with E-state index in [0.29, 0.717) is 12.0 Å². The molecule has 2 aromatic carbocycles. The average Bonchev–Trinajstić information content (AvgIpc) is 2.88. The Morgan fingerprint density at radius 3 is 2.32 bits per heavy atom. The van der Waals surface area contributed by atoms with Crippen molar-refractivity contribution in [3.8, 4) is 0 Å². The van der Waals surface area contributed by atoms with Gasteiger partial charge in [-0.2, -0.15) is 0 Å². The number of nitrogens with one attached hydrogen (secondary N) is 2. The van der Waals surface area contributed by atoms with Gasteiger partial charge in [-0.1, -0.05) is 61.4 Å². The third-order valence-corrected chi connectivity index (χ3v) is 8.07. The van der Waals surface area contributed by atoms with Crippen LogP contribution in [0.2, 0.25) is 0 Å². The number of amides is 2. The Labute approximate surface area is 216 Å². The summed E-state index contributed by atoms with van der Waals surface area (Å²) in [5.74, 6) is 2.24. The van der Waals surface area contributed by atoms with Crippen LogP contribution in [0.1, 0.15) is 64.7 Å². The standard InChI is InChI=1S/C26H33N3O7S/c1-5-15-26(25(32)28-27,37(4,34)35)22-14-9-17(2)16-21(22)20(23(30)29-33)8-6-7-18-10-12-19(13-11-18)24(31)36-3/h6-7,9-14,16,20,33H,5,8,15,27H2,1-4H3,(H,28,32)(H,29,30)/b7-6+/t20-,26+/m0/s1. The molecule has 5 N–H and O–H groups in total. The van der Waals surface area contributed by atoms with Crippen LogP contribution in [0, 0.1) is 6.92 Å². The number of aryl methyl sites for hydroxylation is 1. The van der Waals surface area contributed by atoms with Crippen LogP contribution >= 0.6 is 0 Å². The van der Waals surface area contributed by atoms with E-state index in [1.807, 2.05) is 5.43 Å². The molecule has 0 saturated heterocycles. The Morgan fingerprint density at radius 2 is 1.81 bits per heavy atom. The monoisotopic (exact) mass is 531 g/mol. The summed E-state index contributed by atoms with van der Waals surface area (Å²) in [6, 6.07) is 11.4. The van der Waals surface area contributed by atoms with Crippen molar-refractivity contribution in [2.24, 2.45) is 5.84 Å². The van der Waals surface area contributed by atoms with E-state index in [9.17, 15) is 28.0 Å². The van der Waals surface area contributed by atoms with Crippen molar-refractivity contribution in [3.63, 3.8) is 0 Å². The summed E-state index contributed by atoms with van der Waals surface area (Å²) in [6.45, 7) is 3.51. The van der Waals surface area contributed by atoms with Crippen molar-refractivity contribution in [1.82, 2.24) is 10.9 Å². The minimum Gasteiger partial charge on any atom is -0.465 e. The highest BCUT2D eigenvalue weighted by atomic mass is 32.2. The van der Waals surface area contributed by atoms with Crippen LogP contribution in [0.4, 0.5) is 0 Å². The van der Waals surface area contributed by atoms with E-state index in [1.54, 1.807) is 67.9 Å². The number of carbonyl (C=O) groups excluding carboxylic acids is 3. The van der Waals surface area contributed by atoms with Crippen LogP contribution in [-0.2, 0) is 28.9 Å². The second-order valence-electron chi connectivity index (χ2n) is 8.69. The maximum absolute atomic E-state index is 13.1. The van der Waals surface area contributed by atoms with Crippen LogP contribution < -0.4 is 16.7 Å². The molecule has 0 saturated carbocycles. The maximum Gasteiger partial charge on any atom is 0.337 e. The summed E-state index contributed by atoms with van der Waals surface area (Å²) in [7, 11) is -2.78. The van der Waals surface area contributed by atoms with Gasteiger partial charge in [0.25, 0.3) is 11.8 Å². The van der Waals surface area contributed by atoms with Crippen molar-refractivity contribution in [2.45, 2.75) is 43.8 Å². The third-order valence-electron chi connectivity index (χ3n) is 6.19. The summed E-state index contributed by atoms with van der Waals surface area (Å²) in [4.78, 5) is 37.5. The van der Waals surface area contributed by atoms with Crippen LogP contribution in [0.3, 0.4) is 0 Å². The van der Waals surface area contributed by atoms with Gasteiger partial charge in [0.2, 0.25) is 0 Å². The molecule has 0 fully saturated rings. The van der Waals surface area contributed by atoms with Crippen molar-refractivity contribution < 1.29 is 32.7 Å². The van der Waals surface area contributed by atoms with Gasteiger partial charge in [0, 0.05) is 6.26 Å². The molecule has 0 heterocycles. The molecule has 11 heteroatoms. The minimum absolute atomic E-state index is 0.0673. The van der Waals surface area contributed by atoms with E-state index in [1.165, 1.54) is 13.2 Å². The number of hydrazine groups is 1. The summed E-state index contributed by atoms with van der Waals surface area (Å²) >= 11 is 0. The van der Waals surface area contributed by atoms with Crippen molar-refractivity contribution >= 4 is 33.7 Å². The van der Waals surface area contributed by atoms with Crippen molar-refractivity contribution in [3.05, 3.63) is 76.4 Å². The van der Waals surface area contributed by atoms with E-state index in [-0.39, 0.29) is 24.0 Å². The number of esters is 1. The summed E-state index contributed by atoms with van der Waals surface area (Å²) in [5, 5.41) is 9.49. The van der Waals surface area contributed by atoms with Gasteiger partial charge in [-0.05, 0) is 48.6 Å². The number of benzene rings is 2. The zero-order valence-electron chi connectivity index (χ0n) is 21.3. The first-order valence-corrected chi connectivity index (χ1v) is 13.5. The number of rotatable bonds is 11. The molecule has 2 aromatic rings. The number of hydroxylamine groups is 1. The molecule has 0 aliphatic carbocycles. The Balaban J connectivity index is 2.62. The topological polar surface area (TPSA) is 165 Å². The molecule has 2 amide bonds. The molecule has 0 bridgehead atoms. The Bertz CT molecular complexity index is 1270. The van der Waals surface area contributed by atoms with Gasteiger partial charge in [-0.25, -0.2) is 24.5 Å². The van der Waals surface area contributed by atoms with E-state index in [4.69, 9.17) is 5.84 Å². The first-order chi connectivity index (χ1) is 17.5. The van der Waals surface area contributed by atoms with Gasteiger partial charge < -0.3 is 4.74 Å². The van der Waals surface area contributed by atoms with Gasteiger partial charge in [0.1, 0.15) is 0 Å². The van der Waals surface area contributed by atoms with Gasteiger partial charge in [-0.3, -0.25) is 20.2 Å². The van der Waals surface area contributed by atoms with E-state index in [0.717, 1.165) is 17.4 Å². The van der Waals surface area contributed by atoms with Gasteiger partial charge in [0.15, 0.2) is 14.6 Å². The fourth-order valence-corrected chi connectivity index (χ4v) is 5.93. The average molecular weight is 532 g/mol. The third kappa shape index (κ3) is 6.43. The Morgan fingerprint density at radius 1 is 1.16 bits per heavy atom. The van der Waals surface area contributed by atoms with E-state index < -0.39 is 38.3 Å². The van der Waals surface area contributed by atoms with Crippen LogP contribution in [-0.4, -0.2) is 44.8 Å². The molecule has 0 aliphatic rings. The molecular formula is C26H33N3O7S. The molecule has 2 rings (SSSR count). The second kappa shape index (κ2) is 12.6. The number of sulfone groups is 1. The van der Waals surface area contributed by atoms with Gasteiger partial charge in [0.05, 0.1) is 18.6 Å². The van der Waals surface area contributed by atoms with Crippen LogP contribution in [0.5, 0.6) is 0 Å². The summed E-state index contributed by atoms with van der Waals surface area (Å²) < 4.78 is 28.9. The Kier molecular flexibility index (Phi) is 10.1. The number of nitrogens with two attached hydrogens (primary N) is 1. The van der Waals surface area contributed by atoms with Crippen LogP contribution in [0.15, 0.2) is 48.5 Å². The lowest BCUT2D eigenvalue weighted by molar-refractivity contribution is -0.131. The van der Waals surface area contributed by atoms with E-state index in [2.05, 4.69) is 4.74 Å². The number of ether oxygens (including phenoxy) is 1. The molecule has 0 radical (unpaired) electrons. The SMILES string of the molecule is CCC[C@](C(=O)NN)(c1ccc(C)cc1[C@H](C/C=C/c1ccc(C(=O)OC)cc1)C(=O)NO)S(C)(=O)=O.